The number of nitrogens with zero attached hydrogens (tertiary/aromatic N) is 1. The Bertz CT molecular complexity index is 667. The molecule has 1 heterocycles. The first-order valence-electron chi connectivity index (χ1n) is 6.52. The van der Waals surface area contributed by atoms with Crippen molar-refractivity contribution in [2.24, 2.45) is 0 Å². The van der Waals surface area contributed by atoms with E-state index in [1.807, 2.05) is 22.6 Å². The summed E-state index contributed by atoms with van der Waals surface area (Å²) in [4.78, 5) is 23.7. The average Bonchev–Trinajstić information content (AvgIpc) is 2.38. The molecule has 2 atom stereocenters. The Morgan fingerprint density at radius 3 is 2.52 bits per heavy atom. The third-order valence-corrected chi connectivity index (χ3v) is 6.26. The zero-order valence-corrected chi connectivity index (χ0v) is 15.0. The van der Waals surface area contributed by atoms with E-state index in [1.54, 1.807) is 19.9 Å². The van der Waals surface area contributed by atoms with Gasteiger partial charge in [0.25, 0.3) is 5.56 Å². The smallest absolute Gasteiger partial charge is 0.324 e. The van der Waals surface area contributed by atoms with Gasteiger partial charge in [0, 0.05) is 15.8 Å². The third-order valence-electron chi connectivity index (χ3n) is 3.09. The maximum atomic E-state index is 12.6. The Kier molecular flexibility index (Phi) is 6.39. The van der Waals surface area contributed by atoms with E-state index in [4.69, 9.17) is 4.74 Å². The van der Waals surface area contributed by atoms with Crippen molar-refractivity contribution < 1.29 is 17.9 Å². The van der Waals surface area contributed by atoms with E-state index in [9.17, 15) is 18.0 Å². The highest BCUT2D eigenvalue weighted by Crippen LogP contribution is 2.21. The second kappa shape index (κ2) is 7.39. The lowest BCUT2D eigenvalue weighted by molar-refractivity contribution is -0.142. The fraction of sp³-hybridized carbons (Fsp3) is 0.538. The molecule has 0 aliphatic rings. The molecule has 1 aromatic rings. The molecular formula is C13H18INO5S. The quantitative estimate of drug-likeness (QED) is 0.510. The van der Waals surface area contributed by atoms with E-state index in [2.05, 4.69) is 0 Å². The van der Waals surface area contributed by atoms with Crippen LogP contribution in [-0.4, -0.2) is 30.8 Å². The van der Waals surface area contributed by atoms with Gasteiger partial charge < -0.3 is 4.74 Å². The van der Waals surface area contributed by atoms with Crippen molar-refractivity contribution >= 4 is 38.4 Å². The lowest BCUT2D eigenvalue weighted by Gasteiger charge is -2.21. The average molecular weight is 427 g/mol. The molecule has 0 aliphatic carbocycles. The molecule has 8 heteroatoms. The summed E-state index contributed by atoms with van der Waals surface area (Å²) in [5.41, 5.74) is -0.420. The normalized spacial score (nSPS) is 14.5. The Morgan fingerprint density at radius 2 is 2.05 bits per heavy atom. The number of aromatic nitrogens is 1. The van der Waals surface area contributed by atoms with Gasteiger partial charge in [-0.15, -0.1) is 0 Å². The Balaban J connectivity index is 3.21. The predicted molar refractivity (Wildman–Crippen MR) is 87.8 cm³/mol. The van der Waals surface area contributed by atoms with Crippen LogP contribution in [0.15, 0.2) is 23.1 Å². The largest absolute Gasteiger partial charge is 0.465 e. The predicted octanol–water partition coefficient (Wildman–Crippen LogP) is 1.73. The summed E-state index contributed by atoms with van der Waals surface area (Å²) in [5.74, 6) is -0.773. The van der Waals surface area contributed by atoms with Crippen LogP contribution >= 0.6 is 22.6 Å². The Morgan fingerprint density at radius 1 is 1.43 bits per heavy atom. The van der Waals surface area contributed by atoms with Crippen molar-refractivity contribution in [3.63, 3.8) is 0 Å². The van der Waals surface area contributed by atoms with Crippen LogP contribution in [0.5, 0.6) is 0 Å². The van der Waals surface area contributed by atoms with E-state index >= 15 is 0 Å². The Labute approximate surface area is 137 Å². The summed E-state index contributed by atoms with van der Waals surface area (Å²) < 4.78 is 31.7. The molecule has 0 amide bonds. The molecule has 0 radical (unpaired) electrons. The van der Waals surface area contributed by atoms with Gasteiger partial charge in [0.1, 0.15) is 5.37 Å². The van der Waals surface area contributed by atoms with Crippen molar-refractivity contribution in [2.75, 3.05) is 6.61 Å². The zero-order chi connectivity index (χ0) is 16.2. The zero-order valence-electron chi connectivity index (χ0n) is 12.1. The van der Waals surface area contributed by atoms with E-state index < -0.39 is 32.0 Å². The minimum absolute atomic E-state index is 0.102. The van der Waals surface area contributed by atoms with E-state index in [-0.39, 0.29) is 13.0 Å². The maximum absolute atomic E-state index is 12.6. The molecule has 0 saturated carbocycles. The van der Waals surface area contributed by atoms with Gasteiger partial charge in [0.05, 0.1) is 6.61 Å². The highest BCUT2D eigenvalue weighted by molar-refractivity contribution is 14.1. The van der Waals surface area contributed by atoms with Gasteiger partial charge in [-0.1, -0.05) is 6.92 Å². The van der Waals surface area contributed by atoms with Crippen LogP contribution in [0, 0.1) is 3.57 Å². The van der Waals surface area contributed by atoms with E-state index in [0.717, 1.165) is 8.14 Å². The number of carbonyl (C=O) groups is 1. The molecule has 1 aromatic heterocycles. The number of sulfone groups is 1. The first kappa shape index (κ1) is 18.1. The van der Waals surface area contributed by atoms with Crippen molar-refractivity contribution in [1.29, 1.82) is 0 Å². The van der Waals surface area contributed by atoms with Crippen LogP contribution < -0.4 is 5.56 Å². The van der Waals surface area contributed by atoms with Crippen molar-refractivity contribution in [2.45, 2.75) is 37.8 Å². The molecule has 21 heavy (non-hydrogen) atoms. The lowest BCUT2D eigenvalue weighted by atomic mass is 10.3. The van der Waals surface area contributed by atoms with Gasteiger partial charge in [0.2, 0.25) is 0 Å². The summed E-state index contributed by atoms with van der Waals surface area (Å²) >= 11 is 1.97. The fourth-order valence-corrected chi connectivity index (χ4v) is 4.12. The van der Waals surface area contributed by atoms with Crippen LogP contribution in [0.3, 0.4) is 0 Å². The summed E-state index contributed by atoms with van der Waals surface area (Å²) in [6.07, 6.45) is 1.52. The molecule has 6 nitrogen and oxygen atoms in total. The van der Waals surface area contributed by atoms with E-state index in [1.165, 1.54) is 19.2 Å². The standard InChI is InChI=1S/C13H18INO5S/c1-4-11(13(17)20-5-2)21(18,19)9(3)15-7-6-10(14)8-12(15)16/h6-9,11H,4-5H2,1-3H3. The molecule has 0 spiro atoms. The second-order valence-electron chi connectivity index (χ2n) is 4.43. The number of rotatable bonds is 6. The monoisotopic (exact) mass is 427 g/mol. The van der Waals surface area contributed by atoms with E-state index in [0.29, 0.717) is 0 Å². The molecule has 2 unspecified atom stereocenters. The van der Waals surface area contributed by atoms with Gasteiger partial charge in [0.15, 0.2) is 15.1 Å². The maximum Gasteiger partial charge on any atom is 0.324 e. The number of esters is 1. The van der Waals surface area contributed by atoms with Crippen LogP contribution in [0.1, 0.15) is 32.6 Å². The number of hydrogen-bond acceptors (Lipinski definition) is 5. The van der Waals surface area contributed by atoms with Crippen molar-refractivity contribution in [3.8, 4) is 0 Å². The lowest BCUT2D eigenvalue weighted by Crippen LogP contribution is -2.38. The summed E-state index contributed by atoms with van der Waals surface area (Å²) in [6.45, 7) is 4.72. The second-order valence-corrected chi connectivity index (χ2v) is 8.10. The Hall–Kier alpha value is -0.900. The number of halogens is 1. The van der Waals surface area contributed by atoms with Gasteiger partial charge >= 0.3 is 5.97 Å². The van der Waals surface area contributed by atoms with Gasteiger partial charge in [-0.05, 0) is 48.9 Å². The van der Waals surface area contributed by atoms with Crippen molar-refractivity contribution in [3.05, 3.63) is 32.3 Å². The molecule has 0 bridgehead atoms. The molecule has 0 saturated heterocycles. The van der Waals surface area contributed by atoms with Gasteiger partial charge in [-0.25, -0.2) is 8.42 Å². The first-order chi connectivity index (χ1) is 9.75. The van der Waals surface area contributed by atoms with Gasteiger partial charge in [-0.3, -0.25) is 14.2 Å². The molecular weight excluding hydrogens is 409 g/mol. The minimum Gasteiger partial charge on any atom is -0.465 e. The van der Waals surface area contributed by atoms with Crippen LogP contribution in [-0.2, 0) is 19.4 Å². The fourth-order valence-electron chi connectivity index (χ4n) is 1.93. The number of hydrogen-bond donors (Lipinski definition) is 0. The van der Waals surface area contributed by atoms with Gasteiger partial charge in [-0.2, -0.15) is 0 Å². The SMILES string of the molecule is CCOC(=O)C(CC)S(=O)(=O)C(C)n1ccc(I)cc1=O. The minimum atomic E-state index is -3.87. The topological polar surface area (TPSA) is 82.4 Å². The van der Waals surface area contributed by atoms with Crippen LogP contribution in [0.4, 0.5) is 0 Å². The number of pyridine rings is 1. The summed E-state index contributed by atoms with van der Waals surface area (Å²) in [7, 11) is -3.87. The van der Waals surface area contributed by atoms with Crippen LogP contribution in [0.25, 0.3) is 0 Å². The first-order valence-corrected chi connectivity index (χ1v) is 9.21. The highest BCUT2D eigenvalue weighted by Gasteiger charge is 2.37. The molecule has 0 aliphatic heterocycles. The third kappa shape index (κ3) is 4.06. The van der Waals surface area contributed by atoms with Crippen LogP contribution in [0.2, 0.25) is 0 Å². The highest BCUT2D eigenvalue weighted by atomic mass is 127. The molecule has 0 aromatic carbocycles. The number of carbonyl (C=O) groups excluding carboxylic acids is 1. The summed E-state index contributed by atoms with van der Waals surface area (Å²) in [5, 5.41) is -2.39. The summed E-state index contributed by atoms with van der Waals surface area (Å²) in [6, 6.07) is 2.98. The molecule has 1 rings (SSSR count). The molecule has 118 valence electrons. The van der Waals surface area contributed by atoms with Crippen molar-refractivity contribution in [1.82, 2.24) is 4.57 Å². The molecule has 0 fully saturated rings. The number of ether oxygens (including phenoxy) is 1. The molecule has 0 N–H and O–H groups in total.